The van der Waals surface area contributed by atoms with E-state index >= 15 is 0 Å². The van der Waals surface area contributed by atoms with Crippen LogP contribution in [0.25, 0.3) is 0 Å². The van der Waals surface area contributed by atoms with Crippen molar-refractivity contribution in [3.8, 4) is 0 Å². The van der Waals surface area contributed by atoms with E-state index in [1.54, 1.807) is 24.3 Å². The van der Waals surface area contributed by atoms with Crippen LogP contribution in [-0.4, -0.2) is 48.7 Å². The SMILES string of the molecule is CC1COCCN1C(=O)c1cccc(NC(=O)NC2CC2)c1. The number of carbonyl (C=O) groups excluding carboxylic acids is 2. The first-order chi connectivity index (χ1) is 10.6. The molecule has 1 atom stereocenters. The lowest BCUT2D eigenvalue weighted by molar-refractivity contribution is 0.00360. The summed E-state index contributed by atoms with van der Waals surface area (Å²) in [5, 5.41) is 5.64. The molecule has 1 heterocycles. The molecule has 1 saturated heterocycles. The molecule has 0 radical (unpaired) electrons. The number of nitrogens with one attached hydrogen (secondary N) is 2. The maximum absolute atomic E-state index is 12.6. The third kappa shape index (κ3) is 3.57. The normalized spacial score (nSPS) is 21.3. The molecule has 0 aromatic heterocycles. The standard InChI is InChI=1S/C16H21N3O3/c1-11-10-22-8-7-19(11)15(20)12-3-2-4-14(9-12)18-16(21)17-13-5-6-13/h2-4,9,11,13H,5-8,10H2,1H3,(H2,17,18,21). The Labute approximate surface area is 129 Å². The summed E-state index contributed by atoms with van der Waals surface area (Å²) in [5.74, 6) is -0.0259. The van der Waals surface area contributed by atoms with Crippen LogP contribution < -0.4 is 10.6 Å². The Bertz CT molecular complexity index is 572. The maximum Gasteiger partial charge on any atom is 0.319 e. The van der Waals surface area contributed by atoms with Gasteiger partial charge in [0.05, 0.1) is 19.3 Å². The van der Waals surface area contributed by atoms with Crippen LogP contribution in [-0.2, 0) is 4.74 Å². The molecule has 22 heavy (non-hydrogen) atoms. The molecule has 0 bridgehead atoms. The van der Waals surface area contributed by atoms with E-state index < -0.39 is 0 Å². The molecular weight excluding hydrogens is 282 g/mol. The Morgan fingerprint density at radius 3 is 2.86 bits per heavy atom. The lowest BCUT2D eigenvalue weighted by atomic mass is 10.1. The number of benzene rings is 1. The molecule has 6 nitrogen and oxygen atoms in total. The second kappa shape index (κ2) is 6.36. The number of ether oxygens (including phenoxy) is 1. The van der Waals surface area contributed by atoms with Crippen molar-refractivity contribution in [3.05, 3.63) is 29.8 Å². The first kappa shape index (κ1) is 14.8. The highest BCUT2D eigenvalue weighted by molar-refractivity contribution is 5.97. The van der Waals surface area contributed by atoms with Crippen molar-refractivity contribution in [2.75, 3.05) is 25.1 Å². The van der Waals surface area contributed by atoms with Crippen LogP contribution in [0.1, 0.15) is 30.1 Å². The monoisotopic (exact) mass is 303 g/mol. The van der Waals surface area contributed by atoms with E-state index in [9.17, 15) is 9.59 Å². The first-order valence-electron chi connectivity index (χ1n) is 7.70. The quantitative estimate of drug-likeness (QED) is 0.895. The van der Waals surface area contributed by atoms with E-state index in [1.807, 2.05) is 11.8 Å². The van der Waals surface area contributed by atoms with E-state index in [-0.39, 0.29) is 18.0 Å². The minimum atomic E-state index is -0.216. The Balaban J connectivity index is 1.66. The fraction of sp³-hybridized carbons (Fsp3) is 0.500. The molecule has 3 amide bonds. The zero-order chi connectivity index (χ0) is 15.5. The zero-order valence-electron chi connectivity index (χ0n) is 12.7. The second-order valence-corrected chi connectivity index (χ2v) is 5.88. The molecular formula is C16H21N3O3. The minimum absolute atomic E-state index is 0.0259. The lowest BCUT2D eigenvalue weighted by Gasteiger charge is -2.33. The lowest BCUT2D eigenvalue weighted by Crippen LogP contribution is -2.47. The van der Waals surface area contributed by atoms with Gasteiger partial charge in [0, 0.05) is 23.8 Å². The van der Waals surface area contributed by atoms with E-state index in [1.165, 1.54) is 0 Å². The first-order valence-corrected chi connectivity index (χ1v) is 7.70. The minimum Gasteiger partial charge on any atom is -0.377 e. The maximum atomic E-state index is 12.6. The van der Waals surface area contributed by atoms with Crippen LogP contribution in [0.15, 0.2) is 24.3 Å². The summed E-state index contributed by atoms with van der Waals surface area (Å²) in [6, 6.07) is 7.21. The van der Waals surface area contributed by atoms with Gasteiger partial charge in [-0.1, -0.05) is 6.07 Å². The zero-order valence-corrected chi connectivity index (χ0v) is 12.7. The molecule has 2 N–H and O–H groups in total. The number of amides is 3. The predicted octanol–water partition coefficient (Wildman–Crippen LogP) is 1.83. The molecule has 6 heteroatoms. The molecule has 1 aliphatic carbocycles. The van der Waals surface area contributed by atoms with E-state index in [0.717, 1.165) is 12.8 Å². The van der Waals surface area contributed by atoms with Gasteiger partial charge in [-0.2, -0.15) is 0 Å². The molecule has 3 rings (SSSR count). The fourth-order valence-corrected chi connectivity index (χ4v) is 2.50. The highest BCUT2D eigenvalue weighted by Gasteiger charge is 2.25. The number of nitrogens with zero attached hydrogens (tertiary/aromatic N) is 1. The second-order valence-electron chi connectivity index (χ2n) is 5.88. The topological polar surface area (TPSA) is 70.7 Å². The fourth-order valence-electron chi connectivity index (χ4n) is 2.50. The summed E-state index contributed by atoms with van der Waals surface area (Å²) in [6.45, 7) is 3.70. The molecule has 1 unspecified atom stereocenters. The number of carbonyl (C=O) groups is 2. The van der Waals surface area contributed by atoms with Crippen molar-refractivity contribution in [3.63, 3.8) is 0 Å². The van der Waals surface area contributed by atoms with E-state index in [0.29, 0.717) is 37.1 Å². The van der Waals surface area contributed by atoms with Crippen molar-refractivity contribution in [1.82, 2.24) is 10.2 Å². The van der Waals surface area contributed by atoms with Gasteiger partial charge in [0.15, 0.2) is 0 Å². The number of anilines is 1. The van der Waals surface area contributed by atoms with Gasteiger partial charge < -0.3 is 20.3 Å². The van der Waals surface area contributed by atoms with E-state index in [4.69, 9.17) is 4.74 Å². The number of hydrogen-bond donors (Lipinski definition) is 2. The number of morpholine rings is 1. The summed E-state index contributed by atoms with van der Waals surface area (Å²) in [4.78, 5) is 26.2. The molecule has 118 valence electrons. The van der Waals surface area contributed by atoms with Crippen LogP contribution in [0, 0.1) is 0 Å². The largest absolute Gasteiger partial charge is 0.377 e. The molecule has 1 saturated carbocycles. The molecule has 1 aromatic carbocycles. The van der Waals surface area contributed by atoms with Gasteiger partial charge in [0.1, 0.15) is 0 Å². The van der Waals surface area contributed by atoms with Crippen LogP contribution in [0.2, 0.25) is 0 Å². The third-order valence-corrected chi connectivity index (χ3v) is 3.91. The summed E-state index contributed by atoms with van der Waals surface area (Å²) >= 11 is 0. The summed E-state index contributed by atoms with van der Waals surface area (Å²) in [6.07, 6.45) is 2.09. The third-order valence-electron chi connectivity index (χ3n) is 3.91. The molecule has 1 aliphatic heterocycles. The van der Waals surface area contributed by atoms with Gasteiger partial charge >= 0.3 is 6.03 Å². The Morgan fingerprint density at radius 1 is 1.32 bits per heavy atom. The summed E-state index contributed by atoms with van der Waals surface area (Å²) < 4.78 is 5.36. The van der Waals surface area contributed by atoms with Gasteiger partial charge in [-0.05, 0) is 38.0 Å². The van der Waals surface area contributed by atoms with Crippen molar-refractivity contribution in [1.29, 1.82) is 0 Å². The molecule has 2 fully saturated rings. The van der Waals surface area contributed by atoms with Gasteiger partial charge in [-0.3, -0.25) is 4.79 Å². The number of hydrogen-bond acceptors (Lipinski definition) is 3. The molecule has 0 spiro atoms. The summed E-state index contributed by atoms with van der Waals surface area (Å²) in [7, 11) is 0. The van der Waals surface area contributed by atoms with Crippen LogP contribution in [0.4, 0.5) is 10.5 Å². The molecule has 1 aromatic rings. The van der Waals surface area contributed by atoms with Gasteiger partial charge in [-0.15, -0.1) is 0 Å². The van der Waals surface area contributed by atoms with Crippen LogP contribution in [0.5, 0.6) is 0 Å². The van der Waals surface area contributed by atoms with Gasteiger partial charge in [0.25, 0.3) is 5.91 Å². The Hall–Kier alpha value is -2.08. The average molecular weight is 303 g/mol. The van der Waals surface area contributed by atoms with Crippen LogP contribution >= 0.6 is 0 Å². The Morgan fingerprint density at radius 2 is 2.14 bits per heavy atom. The van der Waals surface area contributed by atoms with E-state index in [2.05, 4.69) is 10.6 Å². The number of urea groups is 1. The van der Waals surface area contributed by atoms with Crippen molar-refractivity contribution >= 4 is 17.6 Å². The highest BCUT2D eigenvalue weighted by Crippen LogP contribution is 2.19. The van der Waals surface area contributed by atoms with Crippen molar-refractivity contribution in [2.45, 2.75) is 31.8 Å². The van der Waals surface area contributed by atoms with Crippen LogP contribution in [0.3, 0.4) is 0 Å². The van der Waals surface area contributed by atoms with Crippen molar-refractivity contribution in [2.24, 2.45) is 0 Å². The smallest absolute Gasteiger partial charge is 0.319 e. The summed E-state index contributed by atoms with van der Waals surface area (Å²) in [5.41, 5.74) is 1.21. The average Bonchev–Trinajstić information content (AvgIpc) is 3.31. The van der Waals surface area contributed by atoms with Crippen molar-refractivity contribution < 1.29 is 14.3 Å². The Kier molecular flexibility index (Phi) is 4.29. The van der Waals surface area contributed by atoms with Gasteiger partial charge in [-0.25, -0.2) is 4.79 Å². The highest BCUT2D eigenvalue weighted by atomic mass is 16.5. The molecule has 2 aliphatic rings. The number of rotatable bonds is 3. The van der Waals surface area contributed by atoms with Gasteiger partial charge in [0.2, 0.25) is 0 Å². The predicted molar refractivity (Wildman–Crippen MR) is 82.9 cm³/mol.